The topological polar surface area (TPSA) is 170 Å². The summed E-state index contributed by atoms with van der Waals surface area (Å²) in [6.07, 6.45) is 3.12. The highest BCUT2D eigenvalue weighted by Crippen LogP contribution is 2.63. The van der Waals surface area contributed by atoms with E-state index >= 15 is 4.79 Å². The first-order valence-electron chi connectivity index (χ1n) is 16.2. The number of aliphatic carboxylic acids is 1. The van der Waals surface area contributed by atoms with Crippen LogP contribution in [0, 0.1) is 23.2 Å². The molecule has 2 aromatic carbocycles. The van der Waals surface area contributed by atoms with Crippen molar-refractivity contribution in [1.29, 1.82) is 0 Å². The Morgan fingerprint density at radius 2 is 1.60 bits per heavy atom. The molecule has 4 aliphatic carbocycles. The number of Topliss-reactive ketones (excluding diaryl/α,β-unsaturated/α-hetero) is 1. The highest BCUT2D eigenvalue weighted by Gasteiger charge is 2.62. The second-order valence-corrected chi connectivity index (χ2v) is 15.9. The van der Waals surface area contributed by atoms with Gasteiger partial charge in [-0.25, -0.2) is 13.2 Å². The fourth-order valence-corrected chi connectivity index (χ4v) is 10.8. The van der Waals surface area contributed by atoms with Crippen LogP contribution in [-0.2, 0) is 35.7 Å². The summed E-state index contributed by atoms with van der Waals surface area (Å²) < 4.78 is 29.0. The van der Waals surface area contributed by atoms with E-state index in [0.717, 1.165) is 43.4 Å². The lowest BCUT2D eigenvalue weighted by Gasteiger charge is -2.59. The zero-order chi connectivity index (χ0) is 33.3. The number of nitrogens with one attached hydrogen (secondary N) is 2. The lowest BCUT2D eigenvalue weighted by atomic mass is 9.47. The van der Waals surface area contributed by atoms with Crippen LogP contribution in [-0.4, -0.2) is 66.1 Å². The van der Waals surface area contributed by atoms with Crippen molar-refractivity contribution in [3.8, 4) is 0 Å². The summed E-state index contributed by atoms with van der Waals surface area (Å²) in [5, 5.41) is 12.5. The second kappa shape index (κ2) is 12.1. The van der Waals surface area contributed by atoms with Gasteiger partial charge in [-0.2, -0.15) is 4.72 Å². The Bertz CT molecular complexity index is 1770. The van der Waals surface area contributed by atoms with Gasteiger partial charge in [0, 0.05) is 25.5 Å². The summed E-state index contributed by atoms with van der Waals surface area (Å²) >= 11 is 0. The number of para-hydroxylation sites is 1. The third-order valence-corrected chi connectivity index (χ3v) is 12.4. The van der Waals surface area contributed by atoms with Crippen LogP contribution < -0.4 is 14.9 Å². The average Bonchev–Trinajstić information content (AvgIpc) is 3.03. The fourth-order valence-electron chi connectivity index (χ4n) is 9.64. The molecule has 0 radical (unpaired) electrons. The Labute approximate surface area is 280 Å². The fraction of sp³-hybridized carbons (Fsp3) is 0.514. The first-order chi connectivity index (χ1) is 22.3. The van der Waals surface area contributed by atoms with Crippen molar-refractivity contribution in [3.63, 3.8) is 0 Å². The molecule has 2 aromatic rings. The number of anilines is 1. The number of hydrogen-bond donors (Lipinski definition) is 3. The van der Waals surface area contributed by atoms with Gasteiger partial charge in [0.05, 0.1) is 17.1 Å². The molecule has 13 heteroatoms. The predicted octanol–water partition coefficient (Wildman–Crippen LogP) is 3.45. The highest BCUT2D eigenvalue weighted by atomic mass is 32.2. The third-order valence-electron chi connectivity index (χ3n) is 11.0. The number of carboxylic acids is 1. The standard InChI is InChI=1S/C34H38N4O8S.CH4/c1-20(39)38-10-9-28(40)26-7-2-3-8-27(26)37-18-21-5-4-6-25(14-21)47(45,46)36-29(30(41)42)35-31(43)34(38,32(37)44)19-33-15-22-11-23(16-33)13-24(12-22)17-33;/h2-8,14,22-24,29,36H,9-13,15-19H2,1H3,(H,35,43)(H,41,42);1H4/t22?,23?,24?,29?,33?,34-;/m1./s1. The van der Waals surface area contributed by atoms with Gasteiger partial charge < -0.3 is 20.2 Å². The van der Waals surface area contributed by atoms with E-state index in [2.05, 4.69) is 10.0 Å². The largest absolute Gasteiger partial charge is 0.479 e. The Kier molecular flexibility index (Phi) is 8.52. The van der Waals surface area contributed by atoms with Gasteiger partial charge in [-0.1, -0.05) is 31.7 Å². The molecule has 0 saturated heterocycles. The molecule has 256 valence electrons. The first-order valence-corrected chi connectivity index (χ1v) is 17.7. The number of nitrogens with zero attached hydrogens (tertiary/aromatic N) is 2. The van der Waals surface area contributed by atoms with Gasteiger partial charge in [0.1, 0.15) is 0 Å². The van der Waals surface area contributed by atoms with Crippen molar-refractivity contribution < 1.29 is 37.5 Å². The van der Waals surface area contributed by atoms with Crippen LogP contribution in [0.25, 0.3) is 0 Å². The molecular weight excluding hydrogens is 636 g/mol. The molecule has 2 aliphatic heterocycles. The number of rotatable bonds is 3. The second-order valence-electron chi connectivity index (χ2n) is 14.2. The number of hydrogen-bond acceptors (Lipinski definition) is 7. The molecule has 3 amide bonds. The molecule has 3 N–H and O–H groups in total. The van der Waals surface area contributed by atoms with Gasteiger partial charge in [0.25, 0.3) is 11.8 Å². The van der Waals surface area contributed by atoms with Crippen molar-refractivity contribution in [2.75, 3.05) is 11.4 Å². The summed E-state index contributed by atoms with van der Waals surface area (Å²) in [7, 11) is -4.47. The van der Waals surface area contributed by atoms with Crippen LogP contribution in [0.5, 0.6) is 0 Å². The third kappa shape index (κ3) is 5.60. The molecule has 2 heterocycles. The smallest absolute Gasteiger partial charge is 0.342 e. The van der Waals surface area contributed by atoms with Crippen molar-refractivity contribution in [3.05, 3.63) is 59.7 Å². The number of carboxylic acid groups (broad SMARTS) is 1. The van der Waals surface area contributed by atoms with Crippen molar-refractivity contribution >= 4 is 45.2 Å². The molecule has 0 aromatic heterocycles. The zero-order valence-electron chi connectivity index (χ0n) is 26.1. The number of fused-ring (bicyclic) bond motifs is 6. The van der Waals surface area contributed by atoms with Gasteiger partial charge in [-0.3, -0.25) is 19.2 Å². The quantitative estimate of drug-likeness (QED) is 0.415. The molecule has 1 unspecified atom stereocenters. The number of sulfonamides is 1. The van der Waals surface area contributed by atoms with E-state index in [1.54, 1.807) is 30.3 Å². The predicted molar refractivity (Wildman–Crippen MR) is 175 cm³/mol. The molecule has 48 heavy (non-hydrogen) atoms. The molecule has 0 spiro atoms. The Balaban J connectivity index is 0.00000401. The summed E-state index contributed by atoms with van der Waals surface area (Å²) in [6.45, 7) is 0.760. The summed E-state index contributed by atoms with van der Waals surface area (Å²) in [5.74, 6) is -3.25. The number of benzene rings is 2. The lowest BCUT2D eigenvalue weighted by Crippen LogP contribution is -2.72. The maximum absolute atomic E-state index is 15.6. The lowest BCUT2D eigenvalue weighted by molar-refractivity contribution is -0.163. The summed E-state index contributed by atoms with van der Waals surface area (Å²) in [4.78, 5) is 72.8. The van der Waals surface area contributed by atoms with Gasteiger partial charge >= 0.3 is 5.97 Å². The minimum atomic E-state index is -4.47. The summed E-state index contributed by atoms with van der Waals surface area (Å²) in [5.41, 5.74) is -1.95. The molecule has 4 saturated carbocycles. The number of ketones is 1. The number of amides is 3. The van der Waals surface area contributed by atoms with Gasteiger partial charge in [-0.05, 0) is 97.9 Å². The van der Waals surface area contributed by atoms with E-state index in [-0.39, 0.29) is 55.3 Å². The van der Waals surface area contributed by atoms with Gasteiger partial charge in [-0.15, -0.1) is 0 Å². The minimum Gasteiger partial charge on any atom is -0.479 e. The van der Waals surface area contributed by atoms with Crippen LogP contribution in [0.1, 0.15) is 81.6 Å². The monoisotopic (exact) mass is 678 g/mol. The van der Waals surface area contributed by atoms with Crippen LogP contribution in [0.4, 0.5) is 5.69 Å². The Morgan fingerprint density at radius 3 is 2.23 bits per heavy atom. The van der Waals surface area contributed by atoms with E-state index in [0.29, 0.717) is 23.3 Å². The maximum Gasteiger partial charge on any atom is 0.342 e. The van der Waals surface area contributed by atoms with E-state index in [1.807, 2.05) is 0 Å². The van der Waals surface area contributed by atoms with E-state index in [1.165, 1.54) is 30.0 Å². The molecule has 2 atom stereocenters. The van der Waals surface area contributed by atoms with Crippen LogP contribution in [0.15, 0.2) is 53.4 Å². The van der Waals surface area contributed by atoms with Crippen molar-refractivity contribution in [1.82, 2.24) is 14.9 Å². The van der Waals surface area contributed by atoms with Crippen molar-refractivity contribution in [2.24, 2.45) is 23.2 Å². The molecule has 4 fully saturated rings. The molecule has 8 rings (SSSR count). The SMILES string of the molecule is C.CC(=O)N1CCC(=O)c2ccccc2N2Cc3cccc(c3)S(=O)(=O)NC(C(=O)O)NC(=O)[C@]1(CC13CC4CC(CC(C4)C1)C3)C2=O. The Morgan fingerprint density at radius 1 is 0.958 bits per heavy atom. The van der Waals surface area contributed by atoms with Crippen LogP contribution >= 0.6 is 0 Å². The first kappa shape index (κ1) is 33.8. The minimum absolute atomic E-state index is 0. The zero-order valence-corrected chi connectivity index (χ0v) is 26.9. The summed E-state index contributed by atoms with van der Waals surface area (Å²) in [6, 6.07) is 12.3. The molecule has 8 bridgehead atoms. The number of carbonyl (C=O) groups excluding carboxylic acids is 4. The van der Waals surface area contributed by atoms with Gasteiger partial charge in [0.15, 0.2) is 11.9 Å². The van der Waals surface area contributed by atoms with Crippen LogP contribution in [0.3, 0.4) is 0 Å². The van der Waals surface area contributed by atoms with E-state index < -0.39 is 50.8 Å². The van der Waals surface area contributed by atoms with E-state index in [4.69, 9.17) is 0 Å². The van der Waals surface area contributed by atoms with Gasteiger partial charge in [0.2, 0.25) is 21.5 Å². The molecule has 12 nitrogen and oxygen atoms in total. The maximum atomic E-state index is 15.6. The normalized spacial score (nSPS) is 32.3. The number of carbonyl (C=O) groups is 5. The average molecular weight is 679 g/mol. The molecular formula is C35H42N4O8S. The highest BCUT2D eigenvalue weighted by molar-refractivity contribution is 7.89. The Hall–Kier alpha value is -4.10. The van der Waals surface area contributed by atoms with Crippen LogP contribution in [0.2, 0.25) is 0 Å². The van der Waals surface area contributed by atoms with Crippen molar-refractivity contribution in [2.45, 2.75) is 88.9 Å². The molecule has 6 aliphatic rings. The van der Waals surface area contributed by atoms with E-state index in [9.17, 15) is 32.7 Å².